The average Bonchev–Trinajstić information content (AvgIpc) is 1.96. The Labute approximate surface area is 73.8 Å². The highest BCUT2D eigenvalue weighted by atomic mass is 19.1. The molecule has 0 aromatic heterocycles. The van der Waals surface area contributed by atoms with E-state index >= 15 is 0 Å². The van der Waals surface area contributed by atoms with E-state index < -0.39 is 17.4 Å². The molecule has 0 heterocycles. The molecule has 0 spiro atoms. The molecule has 0 aliphatic rings. The highest BCUT2D eigenvalue weighted by molar-refractivity contribution is 5.78. The number of phenols is 1. The van der Waals surface area contributed by atoms with Gasteiger partial charge in [-0.15, -0.1) is 0 Å². The van der Waals surface area contributed by atoms with Gasteiger partial charge in [-0.25, -0.2) is 8.78 Å². The Hall–Kier alpha value is -1.45. The van der Waals surface area contributed by atoms with Crippen LogP contribution < -0.4 is 0 Å². The highest BCUT2D eigenvalue weighted by Crippen LogP contribution is 2.22. The average molecular weight is 186 g/mol. The smallest absolute Gasteiger partial charge is 0.134 e. The van der Waals surface area contributed by atoms with E-state index in [9.17, 15) is 13.6 Å². The number of hydrogen-bond acceptors (Lipinski definition) is 2. The Kier molecular flexibility index (Phi) is 2.60. The zero-order chi connectivity index (χ0) is 10.0. The van der Waals surface area contributed by atoms with Gasteiger partial charge >= 0.3 is 0 Å². The molecule has 0 aliphatic heterocycles. The van der Waals surface area contributed by atoms with Gasteiger partial charge in [-0.3, -0.25) is 4.79 Å². The van der Waals surface area contributed by atoms with Crippen molar-refractivity contribution in [2.24, 2.45) is 0 Å². The van der Waals surface area contributed by atoms with Gasteiger partial charge in [-0.05, 0) is 6.92 Å². The second-order valence-electron chi connectivity index (χ2n) is 2.76. The fraction of sp³-hybridized carbons (Fsp3) is 0.222. The number of hydrogen-bond donors (Lipinski definition) is 1. The number of carbonyl (C=O) groups is 1. The van der Waals surface area contributed by atoms with Crippen LogP contribution in [0.2, 0.25) is 0 Å². The standard InChI is InChI=1S/C9H8F2O2/c1-5(12)2-7-8(11)3-6(10)4-9(7)13/h3-4,13H,2H2,1H3. The van der Waals surface area contributed by atoms with Crippen LogP contribution in [0.15, 0.2) is 12.1 Å². The van der Waals surface area contributed by atoms with Crippen LogP contribution in [0.4, 0.5) is 8.78 Å². The van der Waals surface area contributed by atoms with E-state index in [1.54, 1.807) is 0 Å². The van der Waals surface area contributed by atoms with Crippen LogP contribution in [-0.2, 0) is 11.2 Å². The van der Waals surface area contributed by atoms with Gasteiger partial charge in [0.2, 0.25) is 0 Å². The van der Waals surface area contributed by atoms with Crippen molar-refractivity contribution in [3.63, 3.8) is 0 Å². The molecule has 0 saturated heterocycles. The summed E-state index contributed by atoms with van der Waals surface area (Å²) in [4.78, 5) is 10.6. The van der Waals surface area contributed by atoms with E-state index in [0.29, 0.717) is 6.07 Å². The molecule has 0 fully saturated rings. The SMILES string of the molecule is CC(=O)Cc1c(O)cc(F)cc1F. The largest absolute Gasteiger partial charge is 0.507 e. The molecule has 0 atom stereocenters. The summed E-state index contributed by atoms with van der Waals surface area (Å²) < 4.78 is 25.4. The third kappa shape index (κ3) is 2.24. The zero-order valence-corrected chi connectivity index (χ0v) is 6.97. The third-order valence-corrected chi connectivity index (χ3v) is 1.56. The third-order valence-electron chi connectivity index (χ3n) is 1.56. The molecular formula is C9H8F2O2. The molecule has 1 N–H and O–H groups in total. The van der Waals surface area contributed by atoms with Crippen LogP contribution in [0.3, 0.4) is 0 Å². The van der Waals surface area contributed by atoms with Crippen molar-refractivity contribution in [1.29, 1.82) is 0 Å². The lowest BCUT2D eigenvalue weighted by atomic mass is 10.1. The van der Waals surface area contributed by atoms with E-state index in [-0.39, 0.29) is 17.8 Å². The fourth-order valence-electron chi connectivity index (χ4n) is 1.01. The molecule has 13 heavy (non-hydrogen) atoms. The Morgan fingerprint density at radius 3 is 2.54 bits per heavy atom. The lowest BCUT2D eigenvalue weighted by Crippen LogP contribution is -2.00. The Bertz CT molecular complexity index is 324. The van der Waals surface area contributed by atoms with Gasteiger partial charge in [-0.1, -0.05) is 0 Å². The van der Waals surface area contributed by atoms with Crippen LogP contribution in [-0.4, -0.2) is 10.9 Å². The second kappa shape index (κ2) is 3.51. The van der Waals surface area contributed by atoms with Crippen molar-refractivity contribution < 1.29 is 18.7 Å². The number of Topliss-reactive ketones (excluding diaryl/α,β-unsaturated/α-hetero) is 1. The maximum Gasteiger partial charge on any atom is 0.134 e. The molecule has 0 aliphatic carbocycles. The van der Waals surface area contributed by atoms with Gasteiger partial charge < -0.3 is 5.11 Å². The van der Waals surface area contributed by atoms with E-state index in [1.165, 1.54) is 6.92 Å². The summed E-state index contributed by atoms with van der Waals surface area (Å²) >= 11 is 0. The minimum absolute atomic E-state index is 0.158. The molecular weight excluding hydrogens is 178 g/mol. The highest BCUT2D eigenvalue weighted by Gasteiger charge is 2.11. The molecule has 0 unspecified atom stereocenters. The molecule has 0 bridgehead atoms. The summed E-state index contributed by atoms with van der Waals surface area (Å²) in [5.41, 5.74) is -0.158. The first-order chi connectivity index (χ1) is 6.00. The monoisotopic (exact) mass is 186 g/mol. The molecule has 4 heteroatoms. The van der Waals surface area contributed by atoms with Crippen LogP contribution in [0, 0.1) is 11.6 Å². The summed E-state index contributed by atoms with van der Waals surface area (Å²) in [6.45, 7) is 1.27. The first-order valence-corrected chi connectivity index (χ1v) is 3.67. The Morgan fingerprint density at radius 2 is 2.08 bits per heavy atom. The maximum atomic E-state index is 12.9. The van der Waals surface area contributed by atoms with Crippen molar-refractivity contribution in [3.8, 4) is 5.75 Å². The number of phenolic OH excluding ortho intramolecular Hbond substituents is 1. The summed E-state index contributed by atoms with van der Waals surface area (Å²) in [5.74, 6) is -2.57. The van der Waals surface area contributed by atoms with Gasteiger partial charge in [-0.2, -0.15) is 0 Å². The normalized spacial score (nSPS) is 10.1. The molecule has 1 rings (SSSR count). The predicted molar refractivity (Wildman–Crippen MR) is 42.4 cm³/mol. The molecule has 0 radical (unpaired) electrons. The number of rotatable bonds is 2. The Balaban J connectivity index is 3.13. The second-order valence-corrected chi connectivity index (χ2v) is 2.76. The molecule has 0 saturated carbocycles. The van der Waals surface area contributed by atoms with Crippen molar-refractivity contribution >= 4 is 5.78 Å². The Morgan fingerprint density at radius 1 is 1.46 bits per heavy atom. The number of ketones is 1. The van der Waals surface area contributed by atoms with Crippen molar-refractivity contribution in [1.82, 2.24) is 0 Å². The molecule has 0 amide bonds. The lowest BCUT2D eigenvalue weighted by Gasteiger charge is -2.03. The summed E-state index contributed by atoms with van der Waals surface area (Å²) in [6.07, 6.45) is -0.224. The topological polar surface area (TPSA) is 37.3 Å². The molecule has 1 aromatic rings. The predicted octanol–water partition coefficient (Wildman–Crippen LogP) is 1.80. The zero-order valence-electron chi connectivity index (χ0n) is 6.97. The van der Waals surface area contributed by atoms with Crippen LogP contribution in [0.1, 0.15) is 12.5 Å². The van der Waals surface area contributed by atoms with Gasteiger partial charge in [0.25, 0.3) is 0 Å². The first kappa shape index (κ1) is 9.64. The van der Waals surface area contributed by atoms with E-state index in [0.717, 1.165) is 6.07 Å². The quantitative estimate of drug-likeness (QED) is 0.764. The van der Waals surface area contributed by atoms with Gasteiger partial charge in [0.1, 0.15) is 23.2 Å². The van der Waals surface area contributed by atoms with Crippen molar-refractivity contribution in [2.75, 3.05) is 0 Å². The maximum absolute atomic E-state index is 12.9. The minimum Gasteiger partial charge on any atom is -0.507 e. The molecule has 70 valence electrons. The number of halogens is 2. The van der Waals surface area contributed by atoms with Gasteiger partial charge in [0, 0.05) is 24.1 Å². The minimum atomic E-state index is -0.896. The lowest BCUT2D eigenvalue weighted by molar-refractivity contribution is -0.116. The number of carbonyl (C=O) groups excluding carboxylic acids is 1. The van der Waals surface area contributed by atoms with Crippen molar-refractivity contribution in [3.05, 3.63) is 29.3 Å². The van der Waals surface area contributed by atoms with Crippen LogP contribution in [0.25, 0.3) is 0 Å². The van der Waals surface area contributed by atoms with E-state index in [1.807, 2.05) is 0 Å². The summed E-state index contributed by atoms with van der Waals surface area (Å²) in [7, 11) is 0. The van der Waals surface area contributed by atoms with Crippen LogP contribution >= 0.6 is 0 Å². The van der Waals surface area contributed by atoms with Gasteiger partial charge in [0.05, 0.1) is 0 Å². The van der Waals surface area contributed by atoms with Crippen LogP contribution in [0.5, 0.6) is 5.75 Å². The number of benzene rings is 1. The summed E-state index contributed by atoms with van der Waals surface area (Å²) in [5, 5.41) is 9.09. The summed E-state index contributed by atoms with van der Waals surface area (Å²) in [6, 6.07) is 1.42. The van der Waals surface area contributed by atoms with Gasteiger partial charge in [0.15, 0.2) is 0 Å². The molecule has 1 aromatic carbocycles. The van der Waals surface area contributed by atoms with E-state index in [2.05, 4.69) is 0 Å². The van der Waals surface area contributed by atoms with E-state index in [4.69, 9.17) is 5.11 Å². The first-order valence-electron chi connectivity index (χ1n) is 3.67. The van der Waals surface area contributed by atoms with Crippen molar-refractivity contribution in [2.45, 2.75) is 13.3 Å². The fourth-order valence-corrected chi connectivity index (χ4v) is 1.01. The molecule has 2 nitrogen and oxygen atoms in total. The number of aromatic hydroxyl groups is 1.